The van der Waals surface area contributed by atoms with Crippen LogP contribution in [-0.4, -0.2) is 27.0 Å². The number of hydrogen-bond donors (Lipinski definition) is 0. The molecule has 0 aliphatic carbocycles. The zero-order valence-electron chi connectivity index (χ0n) is 16.8. The Kier molecular flexibility index (Phi) is 5.21. The molecule has 148 valence electrons. The van der Waals surface area contributed by atoms with E-state index in [0.717, 1.165) is 22.0 Å². The van der Waals surface area contributed by atoms with E-state index in [1.807, 2.05) is 56.4 Å². The highest BCUT2D eigenvalue weighted by atomic mass is 16.2. The lowest BCUT2D eigenvalue weighted by atomic mass is 10.0. The molecule has 1 aromatic heterocycles. The van der Waals surface area contributed by atoms with E-state index >= 15 is 0 Å². The first-order chi connectivity index (χ1) is 14.1. The second kappa shape index (κ2) is 7.95. The van der Waals surface area contributed by atoms with Crippen LogP contribution in [0, 0.1) is 0 Å². The lowest BCUT2D eigenvalue weighted by Crippen LogP contribution is -2.29. The predicted molar refractivity (Wildman–Crippen MR) is 117 cm³/mol. The van der Waals surface area contributed by atoms with Gasteiger partial charge in [-0.05, 0) is 35.4 Å². The molecule has 4 aromatic rings. The molecule has 5 heteroatoms. The van der Waals surface area contributed by atoms with Gasteiger partial charge in [0.05, 0.1) is 11.0 Å². The van der Waals surface area contributed by atoms with Crippen LogP contribution in [0.1, 0.15) is 18.9 Å². The fourth-order valence-corrected chi connectivity index (χ4v) is 3.97. The highest BCUT2D eigenvalue weighted by Crippen LogP contribution is 2.20. The van der Waals surface area contributed by atoms with Crippen molar-refractivity contribution in [2.24, 2.45) is 0 Å². The number of aromatic nitrogens is 2. The van der Waals surface area contributed by atoms with Crippen molar-refractivity contribution < 1.29 is 4.79 Å². The second-order valence-corrected chi connectivity index (χ2v) is 7.31. The van der Waals surface area contributed by atoms with Gasteiger partial charge in [-0.2, -0.15) is 0 Å². The van der Waals surface area contributed by atoms with Gasteiger partial charge in [0.25, 0.3) is 0 Å². The van der Waals surface area contributed by atoms with Crippen molar-refractivity contribution in [3.05, 3.63) is 82.8 Å². The summed E-state index contributed by atoms with van der Waals surface area (Å²) in [5.74, 6) is 0.0261. The maximum absolute atomic E-state index is 12.8. The number of aryl methyl sites for hydroxylation is 2. The predicted octanol–water partition coefficient (Wildman–Crippen LogP) is 4.02. The summed E-state index contributed by atoms with van der Waals surface area (Å²) in [6.45, 7) is 3.50. The van der Waals surface area contributed by atoms with Crippen molar-refractivity contribution in [2.45, 2.75) is 33.0 Å². The molecule has 0 N–H and O–H groups in total. The van der Waals surface area contributed by atoms with Gasteiger partial charge < -0.3 is 4.90 Å². The number of benzene rings is 3. The summed E-state index contributed by atoms with van der Waals surface area (Å²) in [4.78, 5) is 27.3. The number of carbonyl (C=O) groups is 1. The van der Waals surface area contributed by atoms with Gasteiger partial charge in [0.2, 0.25) is 5.91 Å². The van der Waals surface area contributed by atoms with Crippen molar-refractivity contribution in [1.82, 2.24) is 14.0 Å². The van der Waals surface area contributed by atoms with Gasteiger partial charge in [-0.3, -0.25) is 13.9 Å². The van der Waals surface area contributed by atoms with Crippen LogP contribution < -0.4 is 5.69 Å². The number of nitrogens with zero attached hydrogens (tertiary/aromatic N) is 3. The van der Waals surface area contributed by atoms with Crippen molar-refractivity contribution >= 4 is 27.7 Å². The third-order valence-electron chi connectivity index (χ3n) is 5.50. The summed E-state index contributed by atoms with van der Waals surface area (Å²) in [5.41, 5.74) is 2.86. The van der Waals surface area contributed by atoms with Crippen molar-refractivity contribution in [2.75, 3.05) is 7.05 Å². The molecular weight excluding hydrogens is 362 g/mol. The molecule has 29 heavy (non-hydrogen) atoms. The van der Waals surface area contributed by atoms with Crippen LogP contribution in [-0.2, 0) is 24.4 Å². The van der Waals surface area contributed by atoms with Crippen LogP contribution in [0.15, 0.2) is 71.5 Å². The molecule has 0 unspecified atom stereocenters. The minimum absolute atomic E-state index is 0.0261. The van der Waals surface area contributed by atoms with Gasteiger partial charge in [0.15, 0.2) is 0 Å². The SMILES string of the molecule is CCn1c(=O)n(CCC(=O)N(C)Cc2cccc3ccccc23)c2ccccc21. The molecule has 0 bridgehead atoms. The number of rotatable bonds is 6. The van der Waals surface area contributed by atoms with Crippen LogP contribution in [0.2, 0.25) is 0 Å². The maximum Gasteiger partial charge on any atom is 0.329 e. The molecule has 0 aliphatic rings. The van der Waals surface area contributed by atoms with Gasteiger partial charge in [0, 0.05) is 33.1 Å². The Morgan fingerprint density at radius 2 is 1.55 bits per heavy atom. The maximum atomic E-state index is 12.8. The van der Waals surface area contributed by atoms with E-state index < -0.39 is 0 Å². The number of para-hydroxylation sites is 2. The average Bonchev–Trinajstić information content (AvgIpc) is 3.02. The second-order valence-electron chi connectivity index (χ2n) is 7.31. The fourth-order valence-electron chi connectivity index (χ4n) is 3.97. The lowest BCUT2D eigenvalue weighted by molar-refractivity contribution is -0.130. The monoisotopic (exact) mass is 387 g/mol. The average molecular weight is 387 g/mol. The topological polar surface area (TPSA) is 47.2 Å². The quantitative estimate of drug-likeness (QED) is 0.502. The number of carbonyl (C=O) groups excluding carboxylic acids is 1. The van der Waals surface area contributed by atoms with Gasteiger partial charge in [-0.25, -0.2) is 4.79 Å². The number of hydrogen-bond acceptors (Lipinski definition) is 2. The Morgan fingerprint density at radius 3 is 2.31 bits per heavy atom. The Bertz CT molecular complexity index is 1230. The molecule has 1 heterocycles. The number of amides is 1. The molecule has 5 nitrogen and oxygen atoms in total. The van der Waals surface area contributed by atoms with E-state index in [-0.39, 0.29) is 11.6 Å². The first-order valence-electron chi connectivity index (χ1n) is 9.99. The van der Waals surface area contributed by atoms with Crippen LogP contribution in [0.25, 0.3) is 21.8 Å². The molecule has 4 rings (SSSR count). The zero-order chi connectivity index (χ0) is 20.4. The highest BCUT2D eigenvalue weighted by molar-refractivity contribution is 5.86. The molecule has 0 saturated heterocycles. The first kappa shape index (κ1) is 19.0. The van der Waals surface area contributed by atoms with E-state index in [4.69, 9.17) is 0 Å². The largest absolute Gasteiger partial charge is 0.341 e. The molecule has 0 fully saturated rings. The van der Waals surface area contributed by atoms with Gasteiger partial charge in [-0.1, -0.05) is 54.6 Å². The Morgan fingerprint density at radius 1 is 0.897 bits per heavy atom. The third kappa shape index (κ3) is 3.56. The van der Waals surface area contributed by atoms with E-state index in [1.165, 1.54) is 5.39 Å². The van der Waals surface area contributed by atoms with Gasteiger partial charge in [-0.15, -0.1) is 0 Å². The molecule has 0 aliphatic heterocycles. The molecular formula is C24H25N3O2. The van der Waals surface area contributed by atoms with Gasteiger partial charge in [0.1, 0.15) is 0 Å². The molecule has 0 radical (unpaired) electrons. The van der Waals surface area contributed by atoms with Crippen LogP contribution in [0.4, 0.5) is 0 Å². The summed E-state index contributed by atoms with van der Waals surface area (Å²) in [6, 6.07) is 22.1. The van der Waals surface area contributed by atoms with E-state index in [9.17, 15) is 9.59 Å². The van der Waals surface area contributed by atoms with Gasteiger partial charge >= 0.3 is 5.69 Å². The summed E-state index contributed by atoms with van der Waals surface area (Å²) in [7, 11) is 1.82. The zero-order valence-corrected chi connectivity index (χ0v) is 16.8. The summed E-state index contributed by atoms with van der Waals surface area (Å²) < 4.78 is 3.46. The highest BCUT2D eigenvalue weighted by Gasteiger charge is 2.15. The molecule has 0 atom stereocenters. The fraction of sp³-hybridized carbons (Fsp3) is 0.250. The minimum atomic E-state index is -0.0572. The molecule has 0 saturated carbocycles. The Hall–Kier alpha value is -3.34. The minimum Gasteiger partial charge on any atom is -0.341 e. The van der Waals surface area contributed by atoms with E-state index in [0.29, 0.717) is 26.1 Å². The van der Waals surface area contributed by atoms with E-state index in [1.54, 1.807) is 14.0 Å². The van der Waals surface area contributed by atoms with Crippen LogP contribution >= 0.6 is 0 Å². The summed E-state index contributed by atoms with van der Waals surface area (Å²) in [5, 5.41) is 2.33. The molecule has 1 amide bonds. The van der Waals surface area contributed by atoms with Crippen LogP contribution in [0.5, 0.6) is 0 Å². The Balaban J connectivity index is 1.51. The summed E-state index contributed by atoms with van der Waals surface area (Å²) >= 11 is 0. The standard InChI is InChI=1S/C24H25N3O2/c1-3-26-21-13-6-7-14-22(21)27(24(26)29)16-15-23(28)25(2)17-19-11-8-10-18-9-4-5-12-20(18)19/h4-14H,3,15-17H2,1-2H3. The lowest BCUT2D eigenvalue weighted by Gasteiger charge is -2.18. The Labute approximate surface area is 169 Å². The molecule has 0 spiro atoms. The molecule has 3 aromatic carbocycles. The number of fused-ring (bicyclic) bond motifs is 2. The number of imidazole rings is 1. The summed E-state index contributed by atoms with van der Waals surface area (Å²) in [6.07, 6.45) is 0.291. The van der Waals surface area contributed by atoms with Crippen LogP contribution in [0.3, 0.4) is 0 Å². The normalized spacial score (nSPS) is 11.2. The first-order valence-corrected chi connectivity index (χ1v) is 9.99. The van der Waals surface area contributed by atoms with E-state index in [2.05, 4.69) is 24.3 Å². The third-order valence-corrected chi connectivity index (χ3v) is 5.50. The van der Waals surface area contributed by atoms with Crippen molar-refractivity contribution in [3.63, 3.8) is 0 Å². The smallest absolute Gasteiger partial charge is 0.329 e. The van der Waals surface area contributed by atoms with Crippen molar-refractivity contribution in [1.29, 1.82) is 0 Å². The van der Waals surface area contributed by atoms with Crippen molar-refractivity contribution in [3.8, 4) is 0 Å².